The largest absolute Gasteiger partial charge is 0.387 e. The van der Waals surface area contributed by atoms with Gasteiger partial charge in [-0.25, -0.2) is 15.0 Å². The molecular formula is C14H17N7O4S. The van der Waals surface area contributed by atoms with E-state index in [1.807, 2.05) is 0 Å². The highest BCUT2D eigenvalue weighted by molar-refractivity contribution is 7.98. The molecule has 1 aliphatic heterocycles. The van der Waals surface area contributed by atoms with Crippen molar-refractivity contribution in [1.82, 2.24) is 29.7 Å². The number of anilines is 1. The number of H-pyrrole nitrogens is 2. The standard InChI is InChI=1S/C14H17N7O4S/c15-12-9-13(17-4-16-12)21(5-18-9)14-11(24)10(23)7(25-14)3-26-2-6-1-8(22)20-19-6/h1,4-5,7,10-11,14,23-24H,2-3H2,(H2,15,16,17)(H2,19,20,22)/t7-,10-,11-,14-/m1/s1. The van der Waals surface area contributed by atoms with Gasteiger partial charge in [0.05, 0.1) is 12.4 Å². The van der Waals surface area contributed by atoms with E-state index in [0.29, 0.717) is 22.7 Å². The summed E-state index contributed by atoms with van der Waals surface area (Å²) >= 11 is 1.47. The third-order valence-corrected chi connectivity index (χ3v) is 5.27. The van der Waals surface area contributed by atoms with Crippen molar-refractivity contribution in [1.29, 1.82) is 0 Å². The van der Waals surface area contributed by atoms with E-state index >= 15 is 0 Å². The van der Waals surface area contributed by atoms with Crippen molar-refractivity contribution in [2.75, 3.05) is 11.5 Å². The van der Waals surface area contributed by atoms with Crippen LogP contribution >= 0.6 is 11.8 Å². The van der Waals surface area contributed by atoms with E-state index in [-0.39, 0.29) is 11.4 Å². The maximum atomic E-state index is 11.1. The van der Waals surface area contributed by atoms with E-state index in [9.17, 15) is 15.0 Å². The molecule has 0 bridgehead atoms. The van der Waals surface area contributed by atoms with Gasteiger partial charge < -0.3 is 25.8 Å². The number of hydrogen-bond donors (Lipinski definition) is 5. The number of nitrogens with two attached hydrogens (primary N) is 1. The third kappa shape index (κ3) is 2.96. The number of imidazole rings is 1. The van der Waals surface area contributed by atoms with Gasteiger partial charge in [0, 0.05) is 23.3 Å². The highest BCUT2D eigenvalue weighted by Crippen LogP contribution is 2.33. The molecule has 1 saturated heterocycles. The van der Waals surface area contributed by atoms with E-state index in [4.69, 9.17) is 10.5 Å². The predicted molar refractivity (Wildman–Crippen MR) is 93.2 cm³/mol. The first-order chi connectivity index (χ1) is 12.5. The molecule has 4 rings (SSSR count). The van der Waals surface area contributed by atoms with Crippen molar-refractivity contribution >= 4 is 28.7 Å². The number of aromatic nitrogens is 6. The Labute approximate surface area is 150 Å². The van der Waals surface area contributed by atoms with E-state index < -0.39 is 24.5 Å². The summed E-state index contributed by atoms with van der Waals surface area (Å²) in [6.07, 6.45) is -0.852. The van der Waals surface area contributed by atoms with Crippen LogP contribution < -0.4 is 11.3 Å². The van der Waals surface area contributed by atoms with Crippen molar-refractivity contribution in [2.24, 2.45) is 0 Å². The van der Waals surface area contributed by atoms with Crippen LogP contribution in [0.2, 0.25) is 0 Å². The first kappa shape index (κ1) is 17.0. The molecule has 0 saturated carbocycles. The summed E-state index contributed by atoms with van der Waals surface area (Å²) in [7, 11) is 0. The molecule has 11 nitrogen and oxygen atoms in total. The van der Waals surface area contributed by atoms with Gasteiger partial charge in [0.2, 0.25) is 0 Å². The summed E-state index contributed by atoms with van der Waals surface area (Å²) in [6, 6.07) is 1.47. The number of fused-ring (bicyclic) bond motifs is 1. The first-order valence-electron chi connectivity index (χ1n) is 7.83. The number of aromatic amines is 2. The summed E-state index contributed by atoms with van der Waals surface area (Å²) in [5.74, 6) is 1.21. The van der Waals surface area contributed by atoms with Gasteiger partial charge in [-0.1, -0.05) is 0 Å². The summed E-state index contributed by atoms with van der Waals surface area (Å²) in [5, 5.41) is 25.9. The molecule has 26 heavy (non-hydrogen) atoms. The van der Waals surface area contributed by atoms with Crippen LogP contribution in [0.4, 0.5) is 5.82 Å². The number of ether oxygens (including phenoxy) is 1. The number of nitrogens with one attached hydrogen (secondary N) is 2. The van der Waals surface area contributed by atoms with Gasteiger partial charge >= 0.3 is 0 Å². The Kier molecular flexibility index (Phi) is 4.40. The van der Waals surface area contributed by atoms with Crippen LogP contribution in [0.15, 0.2) is 23.5 Å². The van der Waals surface area contributed by atoms with Crippen LogP contribution in [0, 0.1) is 0 Å². The molecule has 1 aliphatic rings. The van der Waals surface area contributed by atoms with E-state index in [1.54, 1.807) is 0 Å². The second kappa shape index (κ2) is 6.72. The molecule has 3 aromatic heterocycles. The normalized spacial score (nSPS) is 25.9. The van der Waals surface area contributed by atoms with Crippen molar-refractivity contribution in [2.45, 2.75) is 30.3 Å². The highest BCUT2D eigenvalue weighted by atomic mass is 32.2. The molecule has 0 spiro atoms. The number of hydrogen-bond acceptors (Lipinski definition) is 9. The molecule has 1 fully saturated rings. The second-order valence-corrected chi connectivity index (χ2v) is 6.96. The second-order valence-electron chi connectivity index (χ2n) is 5.93. The van der Waals surface area contributed by atoms with Gasteiger partial charge in [0.15, 0.2) is 17.7 Å². The van der Waals surface area contributed by atoms with Crippen LogP contribution in [0.5, 0.6) is 0 Å². The fourth-order valence-corrected chi connectivity index (χ4v) is 3.89. The summed E-state index contributed by atoms with van der Waals surface area (Å²) in [6.45, 7) is 0. The Hall–Kier alpha value is -2.41. The molecule has 12 heteroatoms. The molecule has 4 heterocycles. The molecule has 0 aliphatic carbocycles. The minimum Gasteiger partial charge on any atom is -0.387 e. The smallest absolute Gasteiger partial charge is 0.264 e. The van der Waals surface area contributed by atoms with Crippen LogP contribution in [0.1, 0.15) is 11.9 Å². The van der Waals surface area contributed by atoms with Crippen LogP contribution in [-0.4, -0.2) is 64.0 Å². The van der Waals surface area contributed by atoms with Gasteiger partial charge in [-0.05, 0) is 0 Å². The van der Waals surface area contributed by atoms with Gasteiger partial charge in [0.25, 0.3) is 5.56 Å². The molecule has 138 valence electrons. The lowest BCUT2D eigenvalue weighted by atomic mass is 10.1. The van der Waals surface area contributed by atoms with Crippen molar-refractivity contribution in [3.05, 3.63) is 34.8 Å². The van der Waals surface area contributed by atoms with Crippen LogP contribution in [0.25, 0.3) is 11.2 Å². The average Bonchev–Trinajstić information content (AvgIpc) is 3.30. The monoisotopic (exact) mass is 379 g/mol. The number of nitrogens with zero attached hydrogens (tertiary/aromatic N) is 4. The van der Waals surface area contributed by atoms with Gasteiger partial charge in [-0.2, -0.15) is 11.8 Å². The molecule has 0 amide bonds. The molecule has 3 aromatic rings. The molecule has 0 radical (unpaired) electrons. The number of nitrogen functional groups attached to an aromatic ring is 1. The fourth-order valence-electron chi connectivity index (χ4n) is 2.89. The zero-order valence-corrected chi connectivity index (χ0v) is 14.3. The average molecular weight is 379 g/mol. The lowest BCUT2D eigenvalue weighted by Crippen LogP contribution is -2.32. The van der Waals surface area contributed by atoms with Crippen molar-refractivity contribution < 1.29 is 14.9 Å². The highest BCUT2D eigenvalue weighted by Gasteiger charge is 2.44. The lowest BCUT2D eigenvalue weighted by molar-refractivity contribution is -0.0289. The Morgan fingerprint density at radius 1 is 1.27 bits per heavy atom. The summed E-state index contributed by atoms with van der Waals surface area (Å²) in [4.78, 5) is 23.2. The zero-order valence-electron chi connectivity index (χ0n) is 13.4. The maximum Gasteiger partial charge on any atom is 0.264 e. The Balaban J connectivity index is 1.47. The zero-order chi connectivity index (χ0) is 18.3. The minimum atomic E-state index is -1.14. The van der Waals surface area contributed by atoms with Crippen LogP contribution in [-0.2, 0) is 10.5 Å². The Bertz CT molecular complexity index is 970. The molecule has 4 atom stereocenters. The summed E-state index contributed by atoms with van der Waals surface area (Å²) < 4.78 is 7.38. The Morgan fingerprint density at radius 2 is 2.12 bits per heavy atom. The summed E-state index contributed by atoms with van der Waals surface area (Å²) in [5.41, 5.74) is 7.16. The van der Waals surface area contributed by atoms with Crippen molar-refractivity contribution in [3.8, 4) is 0 Å². The molecule has 0 aromatic carbocycles. The molecule has 0 unspecified atom stereocenters. The van der Waals surface area contributed by atoms with Crippen molar-refractivity contribution in [3.63, 3.8) is 0 Å². The number of rotatable bonds is 5. The predicted octanol–water partition coefficient (Wildman–Crippen LogP) is -1.02. The topological polar surface area (TPSA) is 168 Å². The van der Waals surface area contributed by atoms with Gasteiger partial charge in [-0.15, -0.1) is 0 Å². The fraction of sp³-hybridized carbons (Fsp3) is 0.429. The van der Waals surface area contributed by atoms with Gasteiger partial charge in [0.1, 0.15) is 24.1 Å². The van der Waals surface area contributed by atoms with E-state index in [2.05, 4.69) is 25.1 Å². The molecular weight excluding hydrogens is 362 g/mol. The SMILES string of the molecule is Nc1ncnc2c1ncn2[C@@H]1O[C@H](CSCc2cc(=O)[nH][nH]2)[C@@H](O)[C@H]1O. The number of aliphatic hydroxyl groups is 2. The maximum absolute atomic E-state index is 11.1. The van der Waals surface area contributed by atoms with Crippen LogP contribution in [0.3, 0.4) is 0 Å². The van der Waals surface area contributed by atoms with E-state index in [1.165, 1.54) is 35.0 Å². The van der Waals surface area contributed by atoms with E-state index in [0.717, 1.165) is 5.69 Å². The number of aliphatic hydroxyl groups excluding tert-OH is 2. The molecule has 6 N–H and O–H groups in total. The first-order valence-corrected chi connectivity index (χ1v) is 8.99. The lowest BCUT2D eigenvalue weighted by Gasteiger charge is -2.16. The number of thioether (sulfide) groups is 1. The Morgan fingerprint density at radius 3 is 2.88 bits per heavy atom. The minimum absolute atomic E-state index is 0.193. The third-order valence-electron chi connectivity index (χ3n) is 4.19. The van der Waals surface area contributed by atoms with Gasteiger partial charge in [-0.3, -0.25) is 14.5 Å². The quantitative estimate of drug-likeness (QED) is 0.372.